The summed E-state index contributed by atoms with van der Waals surface area (Å²) < 4.78 is 5.65. The maximum atomic E-state index is 9.79. The number of aliphatic hydroxyl groups excluding tert-OH is 1. The van der Waals surface area contributed by atoms with Gasteiger partial charge >= 0.3 is 0 Å². The molecule has 2 nitrogen and oxygen atoms in total. The first-order valence-electron chi connectivity index (χ1n) is 5.29. The van der Waals surface area contributed by atoms with Gasteiger partial charge in [-0.15, -0.1) is 0 Å². The zero-order valence-electron chi connectivity index (χ0n) is 9.28. The highest BCUT2D eigenvalue weighted by Crippen LogP contribution is 2.32. The lowest BCUT2D eigenvalue weighted by Crippen LogP contribution is -2.13. The second-order valence-electron chi connectivity index (χ2n) is 4.00. The molecule has 0 saturated heterocycles. The summed E-state index contributed by atoms with van der Waals surface area (Å²) in [6, 6.07) is 7.00. The van der Waals surface area contributed by atoms with Crippen molar-refractivity contribution in [3.63, 3.8) is 0 Å². The van der Waals surface area contributed by atoms with Crippen molar-refractivity contribution in [3.8, 4) is 5.75 Å². The molecule has 0 bridgehead atoms. The van der Waals surface area contributed by atoms with Crippen molar-refractivity contribution < 1.29 is 9.84 Å². The summed E-state index contributed by atoms with van der Waals surface area (Å²) in [7, 11) is 0. The SMILES string of the molecule is CC1CC(Cl)=CC(O)=C1Oc1ccc(Cl)cc1. The van der Waals surface area contributed by atoms with Crippen LogP contribution >= 0.6 is 23.2 Å². The van der Waals surface area contributed by atoms with E-state index < -0.39 is 0 Å². The minimum atomic E-state index is 0.0585. The average molecular weight is 271 g/mol. The van der Waals surface area contributed by atoms with E-state index in [0.717, 1.165) is 0 Å². The van der Waals surface area contributed by atoms with E-state index in [1.165, 1.54) is 6.08 Å². The van der Waals surface area contributed by atoms with Crippen LogP contribution in [0.25, 0.3) is 0 Å². The van der Waals surface area contributed by atoms with Crippen LogP contribution in [0.15, 0.2) is 46.9 Å². The smallest absolute Gasteiger partial charge is 0.155 e. The third-order valence-corrected chi connectivity index (χ3v) is 3.05. The summed E-state index contributed by atoms with van der Waals surface area (Å²) in [5.41, 5.74) is 0. The number of rotatable bonds is 2. The zero-order chi connectivity index (χ0) is 12.4. The van der Waals surface area contributed by atoms with E-state index in [9.17, 15) is 5.11 Å². The van der Waals surface area contributed by atoms with Crippen LogP contribution in [0.4, 0.5) is 0 Å². The van der Waals surface area contributed by atoms with Crippen molar-refractivity contribution in [3.05, 3.63) is 51.9 Å². The molecule has 1 atom stereocenters. The molecule has 0 saturated carbocycles. The van der Waals surface area contributed by atoms with Gasteiger partial charge in [0.2, 0.25) is 0 Å². The van der Waals surface area contributed by atoms with Gasteiger partial charge in [0.15, 0.2) is 5.76 Å². The molecule has 1 N–H and O–H groups in total. The van der Waals surface area contributed by atoms with Gasteiger partial charge in [0.25, 0.3) is 0 Å². The number of hydrogen-bond acceptors (Lipinski definition) is 2. The highest BCUT2D eigenvalue weighted by Gasteiger charge is 2.21. The maximum Gasteiger partial charge on any atom is 0.155 e. The first-order valence-corrected chi connectivity index (χ1v) is 6.04. The molecular formula is C13H12Cl2O2. The first-order chi connectivity index (χ1) is 8.06. The standard InChI is InChI=1S/C13H12Cl2O2/c1-8-6-10(15)7-12(16)13(8)17-11-4-2-9(14)3-5-11/h2-5,7-8,16H,6H2,1H3. The Labute approximate surface area is 110 Å². The van der Waals surface area contributed by atoms with Crippen molar-refractivity contribution in [2.24, 2.45) is 5.92 Å². The van der Waals surface area contributed by atoms with Gasteiger partial charge in [-0.2, -0.15) is 0 Å². The molecule has 1 unspecified atom stereocenters. The van der Waals surface area contributed by atoms with Crippen LogP contribution in [0.2, 0.25) is 5.02 Å². The predicted molar refractivity (Wildman–Crippen MR) is 69.5 cm³/mol. The summed E-state index contributed by atoms with van der Waals surface area (Å²) >= 11 is 11.7. The molecule has 1 aromatic carbocycles. The van der Waals surface area contributed by atoms with Gasteiger partial charge in [0.1, 0.15) is 11.5 Å². The fourth-order valence-corrected chi connectivity index (χ4v) is 2.16. The van der Waals surface area contributed by atoms with E-state index in [1.807, 2.05) is 6.92 Å². The summed E-state index contributed by atoms with van der Waals surface area (Å²) in [6.45, 7) is 1.96. The van der Waals surface area contributed by atoms with Gasteiger partial charge in [-0.3, -0.25) is 0 Å². The van der Waals surface area contributed by atoms with Crippen molar-refractivity contribution in [1.82, 2.24) is 0 Å². The molecule has 1 aliphatic carbocycles. The minimum absolute atomic E-state index is 0.0585. The van der Waals surface area contributed by atoms with E-state index in [-0.39, 0.29) is 11.7 Å². The van der Waals surface area contributed by atoms with Crippen molar-refractivity contribution in [2.75, 3.05) is 0 Å². The Morgan fingerprint density at radius 1 is 1.24 bits per heavy atom. The summed E-state index contributed by atoms with van der Waals surface area (Å²) in [6.07, 6.45) is 2.20. The number of aliphatic hydroxyl groups is 1. The molecule has 0 amide bonds. The third-order valence-electron chi connectivity index (χ3n) is 2.54. The molecule has 1 aromatic rings. The molecule has 4 heteroatoms. The number of hydrogen-bond donors (Lipinski definition) is 1. The molecule has 0 aliphatic heterocycles. The largest absolute Gasteiger partial charge is 0.504 e. The second kappa shape index (κ2) is 5.03. The van der Waals surface area contributed by atoms with E-state index in [0.29, 0.717) is 28.0 Å². The Balaban J connectivity index is 2.23. The quantitative estimate of drug-likeness (QED) is 0.848. The summed E-state index contributed by atoms with van der Waals surface area (Å²) in [5, 5.41) is 11.1. The molecular weight excluding hydrogens is 259 g/mol. The van der Waals surface area contributed by atoms with Gasteiger partial charge in [-0.05, 0) is 36.8 Å². The van der Waals surface area contributed by atoms with Crippen LogP contribution in [0, 0.1) is 5.92 Å². The molecule has 0 spiro atoms. The summed E-state index contributed by atoms with van der Waals surface area (Å²) in [5.74, 6) is 1.33. The number of allylic oxidation sites excluding steroid dienone is 3. The molecule has 0 fully saturated rings. The fraction of sp³-hybridized carbons (Fsp3) is 0.231. The highest BCUT2D eigenvalue weighted by molar-refractivity contribution is 6.30. The average Bonchev–Trinajstić information content (AvgIpc) is 2.26. The monoisotopic (exact) mass is 270 g/mol. The van der Waals surface area contributed by atoms with Crippen molar-refractivity contribution in [2.45, 2.75) is 13.3 Å². The first kappa shape index (κ1) is 12.3. The van der Waals surface area contributed by atoms with Gasteiger partial charge in [-0.25, -0.2) is 0 Å². The maximum absolute atomic E-state index is 9.79. The van der Waals surface area contributed by atoms with Crippen molar-refractivity contribution in [1.29, 1.82) is 0 Å². The van der Waals surface area contributed by atoms with E-state index in [4.69, 9.17) is 27.9 Å². The molecule has 90 valence electrons. The second-order valence-corrected chi connectivity index (χ2v) is 4.92. The van der Waals surface area contributed by atoms with Crippen LogP contribution in [0.1, 0.15) is 13.3 Å². The minimum Gasteiger partial charge on any atom is -0.504 e. The Kier molecular flexibility index (Phi) is 3.65. The predicted octanol–water partition coefficient (Wildman–Crippen LogP) is 4.65. The molecule has 17 heavy (non-hydrogen) atoms. The normalized spacial score (nSPS) is 20.2. The molecule has 1 aliphatic rings. The Bertz CT molecular complexity index is 475. The van der Waals surface area contributed by atoms with Gasteiger partial charge < -0.3 is 9.84 Å². The summed E-state index contributed by atoms with van der Waals surface area (Å²) in [4.78, 5) is 0. The lowest BCUT2D eigenvalue weighted by molar-refractivity contribution is 0.297. The van der Waals surface area contributed by atoms with E-state index in [1.54, 1.807) is 24.3 Å². The van der Waals surface area contributed by atoms with E-state index >= 15 is 0 Å². The number of halogens is 2. The molecule has 0 radical (unpaired) electrons. The lowest BCUT2D eigenvalue weighted by atomic mass is 9.99. The van der Waals surface area contributed by atoms with Crippen LogP contribution in [-0.2, 0) is 0 Å². The van der Waals surface area contributed by atoms with Crippen LogP contribution in [0.5, 0.6) is 5.75 Å². The van der Waals surface area contributed by atoms with E-state index in [2.05, 4.69) is 0 Å². The lowest BCUT2D eigenvalue weighted by Gasteiger charge is -2.21. The van der Waals surface area contributed by atoms with Crippen molar-refractivity contribution >= 4 is 23.2 Å². The van der Waals surface area contributed by atoms with Gasteiger partial charge in [-0.1, -0.05) is 30.1 Å². The Morgan fingerprint density at radius 2 is 1.88 bits per heavy atom. The molecule has 2 rings (SSSR count). The number of benzene rings is 1. The third kappa shape index (κ3) is 2.96. The number of ether oxygens (including phenoxy) is 1. The zero-order valence-corrected chi connectivity index (χ0v) is 10.8. The highest BCUT2D eigenvalue weighted by atomic mass is 35.5. The van der Waals surface area contributed by atoms with Crippen LogP contribution < -0.4 is 4.74 Å². The van der Waals surface area contributed by atoms with Crippen LogP contribution in [-0.4, -0.2) is 5.11 Å². The van der Waals surface area contributed by atoms with Gasteiger partial charge in [0, 0.05) is 16.0 Å². The molecule has 0 heterocycles. The Morgan fingerprint density at radius 3 is 2.47 bits per heavy atom. The van der Waals surface area contributed by atoms with Crippen LogP contribution in [0.3, 0.4) is 0 Å². The fourth-order valence-electron chi connectivity index (χ4n) is 1.70. The Hall–Kier alpha value is -1.12. The van der Waals surface area contributed by atoms with Gasteiger partial charge in [0.05, 0.1) is 0 Å². The topological polar surface area (TPSA) is 29.5 Å². The molecule has 0 aromatic heterocycles.